The first kappa shape index (κ1) is 13.6. The molecule has 1 fully saturated rings. The molecule has 18 heavy (non-hydrogen) atoms. The van der Waals surface area contributed by atoms with E-state index in [0.717, 1.165) is 37.1 Å². The second kappa shape index (κ2) is 6.34. The Kier molecular flexibility index (Phi) is 4.78. The summed E-state index contributed by atoms with van der Waals surface area (Å²) in [5, 5.41) is 3.86. The van der Waals surface area contributed by atoms with E-state index >= 15 is 0 Å². The number of hydrogen-bond donors (Lipinski definition) is 1. The summed E-state index contributed by atoms with van der Waals surface area (Å²) in [4.78, 5) is 14.5. The Balaban J connectivity index is 1.99. The number of benzene rings is 1. The molecule has 0 radical (unpaired) electrons. The topological polar surface area (TPSA) is 32.3 Å². The average molecular weight is 311 g/mol. The van der Waals surface area contributed by atoms with Crippen molar-refractivity contribution < 1.29 is 4.79 Å². The summed E-state index contributed by atoms with van der Waals surface area (Å²) in [6.45, 7) is 2.12. The van der Waals surface area contributed by atoms with Crippen LogP contribution in [-0.4, -0.2) is 37.0 Å². The molecule has 98 valence electrons. The number of carbonyl (C=O) groups excluding carboxylic acids is 1. The van der Waals surface area contributed by atoms with E-state index in [-0.39, 0.29) is 5.91 Å². The minimum absolute atomic E-state index is 0.0552. The average Bonchev–Trinajstić information content (AvgIpc) is 2.41. The lowest BCUT2D eigenvalue weighted by molar-refractivity contribution is 0.0916. The molecule has 3 nitrogen and oxygen atoms in total. The van der Waals surface area contributed by atoms with Crippen LogP contribution in [0.3, 0.4) is 0 Å². The second-order valence-corrected chi connectivity index (χ2v) is 5.40. The first-order valence-corrected chi connectivity index (χ1v) is 7.46. The molecule has 1 saturated heterocycles. The van der Waals surface area contributed by atoms with E-state index in [1.165, 1.54) is 0 Å². The Labute approximate surface area is 117 Å². The number of piperidine rings is 1. The lowest BCUT2D eigenvalue weighted by Crippen LogP contribution is -2.43. The number of amides is 1. The third-order valence-corrected chi connectivity index (χ3v) is 4.06. The number of hydrogen-bond acceptors (Lipinski definition) is 2. The molecule has 0 bridgehead atoms. The molecule has 1 N–H and O–H groups in total. The van der Waals surface area contributed by atoms with Crippen LogP contribution in [0.5, 0.6) is 0 Å². The van der Waals surface area contributed by atoms with Crippen LogP contribution < -0.4 is 5.32 Å². The minimum Gasteiger partial charge on any atom is -0.349 e. The van der Waals surface area contributed by atoms with Crippen molar-refractivity contribution in [2.24, 2.45) is 0 Å². The van der Waals surface area contributed by atoms with Crippen LogP contribution in [0.1, 0.15) is 28.8 Å². The zero-order valence-corrected chi connectivity index (χ0v) is 12.2. The smallest absolute Gasteiger partial charge is 0.251 e. The maximum absolute atomic E-state index is 12.2. The van der Waals surface area contributed by atoms with Crippen LogP contribution in [0.4, 0.5) is 0 Å². The van der Waals surface area contributed by atoms with E-state index in [1.807, 2.05) is 24.3 Å². The van der Waals surface area contributed by atoms with Crippen LogP contribution in [0.2, 0.25) is 0 Å². The van der Waals surface area contributed by atoms with Crippen molar-refractivity contribution in [2.45, 2.75) is 24.2 Å². The Morgan fingerprint density at radius 3 is 2.72 bits per heavy atom. The second-order valence-electron chi connectivity index (χ2n) is 4.84. The summed E-state index contributed by atoms with van der Waals surface area (Å²) in [5.74, 6) is 0.0552. The normalized spacial score (nSPS) is 17.7. The van der Waals surface area contributed by atoms with Crippen molar-refractivity contribution >= 4 is 21.8 Å². The molecule has 1 aliphatic rings. The van der Waals surface area contributed by atoms with Gasteiger partial charge in [-0.3, -0.25) is 4.79 Å². The maximum Gasteiger partial charge on any atom is 0.251 e. The number of nitrogens with one attached hydrogen (secondary N) is 1. The molecule has 0 atom stereocenters. The maximum atomic E-state index is 12.2. The third kappa shape index (κ3) is 3.33. The molecule has 0 aliphatic carbocycles. The van der Waals surface area contributed by atoms with Gasteiger partial charge in [-0.1, -0.05) is 34.1 Å². The fraction of sp³-hybridized carbons (Fsp3) is 0.500. The Morgan fingerprint density at radius 1 is 1.39 bits per heavy atom. The lowest BCUT2D eigenvalue weighted by atomic mass is 10.0. The summed E-state index contributed by atoms with van der Waals surface area (Å²) < 4.78 is 0. The molecule has 0 aromatic heterocycles. The van der Waals surface area contributed by atoms with Gasteiger partial charge in [-0.05, 0) is 44.6 Å². The molecule has 1 aromatic rings. The van der Waals surface area contributed by atoms with Gasteiger partial charge in [0, 0.05) is 16.9 Å². The summed E-state index contributed by atoms with van der Waals surface area (Å²) in [7, 11) is 2.12. The van der Waals surface area contributed by atoms with Gasteiger partial charge in [-0.25, -0.2) is 0 Å². The van der Waals surface area contributed by atoms with Gasteiger partial charge in [0.1, 0.15) is 0 Å². The predicted octanol–water partition coefficient (Wildman–Crippen LogP) is 2.41. The summed E-state index contributed by atoms with van der Waals surface area (Å²) >= 11 is 3.42. The van der Waals surface area contributed by atoms with Crippen LogP contribution in [0, 0.1) is 0 Å². The molecule has 1 aliphatic heterocycles. The molecule has 0 saturated carbocycles. The zero-order valence-electron chi connectivity index (χ0n) is 10.7. The fourth-order valence-electron chi connectivity index (χ4n) is 2.27. The van der Waals surface area contributed by atoms with Gasteiger partial charge in [-0.15, -0.1) is 0 Å². The molecular formula is C14H19BrN2O. The van der Waals surface area contributed by atoms with Crippen LogP contribution in [0.15, 0.2) is 24.3 Å². The van der Waals surface area contributed by atoms with Gasteiger partial charge in [0.15, 0.2) is 0 Å². The summed E-state index contributed by atoms with van der Waals surface area (Å²) in [5.41, 5.74) is 1.83. The molecule has 0 unspecified atom stereocenters. The van der Waals surface area contributed by atoms with Crippen molar-refractivity contribution in [3.8, 4) is 0 Å². The van der Waals surface area contributed by atoms with E-state index in [4.69, 9.17) is 0 Å². The lowest BCUT2D eigenvalue weighted by Gasteiger charge is -2.29. The number of carbonyl (C=O) groups is 1. The van der Waals surface area contributed by atoms with Crippen molar-refractivity contribution in [1.82, 2.24) is 10.2 Å². The minimum atomic E-state index is 0.0552. The SMILES string of the molecule is CN1CCC(NC(=O)c2ccccc2CBr)CC1. The van der Waals surface area contributed by atoms with Gasteiger partial charge in [-0.2, -0.15) is 0 Å². The highest BCUT2D eigenvalue weighted by Gasteiger charge is 2.19. The van der Waals surface area contributed by atoms with Crippen LogP contribution in [0.25, 0.3) is 0 Å². The molecule has 1 heterocycles. The van der Waals surface area contributed by atoms with Crippen molar-refractivity contribution in [3.05, 3.63) is 35.4 Å². The van der Waals surface area contributed by atoms with Gasteiger partial charge >= 0.3 is 0 Å². The first-order chi connectivity index (χ1) is 8.70. The standard InChI is InChI=1S/C14H19BrN2O/c1-17-8-6-12(7-9-17)16-14(18)13-5-3-2-4-11(13)10-15/h2-5,12H,6-10H2,1H3,(H,16,18). The number of rotatable bonds is 3. The molecule has 1 aromatic carbocycles. The molecule has 4 heteroatoms. The molecule has 1 amide bonds. The van der Waals surface area contributed by atoms with Gasteiger partial charge < -0.3 is 10.2 Å². The highest BCUT2D eigenvalue weighted by Crippen LogP contribution is 2.14. The van der Waals surface area contributed by atoms with E-state index in [0.29, 0.717) is 11.4 Å². The summed E-state index contributed by atoms with van der Waals surface area (Å²) in [6, 6.07) is 8.06. The van der Waals surface area contributed by atoms with Crippen LogP contribution >= 0.6 is 15.9 Å². The number of alkyl halides is 1. The zero-order chi connectivity index (χ0) is 13.0. The number of nitrogens with zero attached hydrogens (tertiary/aromatic N) is 1. The Hall–Kier alpha value is -0.870. The van der Waals surface area contributed by atoms with Crippen molar-refractivity contribution in [1.29, 1.82) is 0 Å². The molecular weight excluding hydrogens is 292 g/mol. The highest BCUT2D eigenvalue weighted by molar-refractivity contribution is 9.08. The van der Waals surface area contributed by atoms with Gasteiger partial charge in [0.05, 0.1) is 0 Å². The van der Waals surface area contributed by atoms with Crippen molar-refractivity contribution in [3.63, 3.8) is 0 Å². The van der Waals surface area contributed by atoms with E-state index in [1.54, 1.807) is 0 Å². The van der Waals surface area contributed by atoms with E-state index < -0.39 is 0 Å². The number of halogens is 1. The van der Waals surface area contributed by atoms with E-state index in [2.05, 4.69) is 33.2 Å². The van der Waals surface area contributed by atoms with Gasteiger partial charge in [0.25, 0.3) is 5.91 Å². The fourth-order valence-corrected chi connectivity index (χ4v) is 2.76. The monoisotopic (exact) mass is 310 g/mol. The molecule has 0 spiro atoms. The Morgan fingerprint density at radius 2 is 2.06 bits per heavy atom. The third-order valence-electron chi connectivity index (χ3n) is 3.46. The number of likely N-dealkylation sites (tertiary alicyclic amines) is 1. The van der Waals surface area contributed by atoms with Gasteiger partial charge in [0.2, 0.25) is 0 Å². The van der Waals surface area contributed by atoms with Crippen LogP contribution in [-0.2, 0) is 5.33 Å². The van der Waals surface area contributed by atoms with Crippen molar-refractivity contribution in [2.75, 3.05) is 20.1 Å². The van der Waals surface area contributed by atoms with E-state index in [9.17, 15) is 4.79 Å². The Bertz CT molecular complexity index is 414. The first-order valence-electron chi connectivity index (χ1n) is 6.34. The molecule has 2 rings (SSSR count). The largest absolute Gasteiger partial charge is 0.349 e. The quantitative estimate of drug-likeness (QED) is 0.870. The highest BCUT2D eigenvalue weighted by atomic mass is 79.9. The summed E-state index contributed by atoms with van der Waals surface area (Å²) in [6.07, 6.45) is 2.08. The predicted molar refractivity (Wildman–Crippen MR) is 77.1 cm³/mol.